The Labute approximate surface area is 118 Å². The predicted molar refractivity (Wildman–Crippen MR) is 69.7 cm³/mol. The first kappa shape index (κ1) is 14.1. The topological polar surface area (TPSA) is 93.2 Å². The molecule has 0 unspecified atom stereocenters. The van der Waals surface area contributed by atoms with Crippen molar-refractivity contribution in [3.8, 4) is 17.6 Å². The van der Waals surface area contributed by atoms with Gasteiger partial charge in [-0.1, -0.05) is 0 Å². The number of ether oxygens (including phenoxy) is 1. The maximum Gasteiger partial charge on any atom is 0.312 e. The molecule has 0 saturated heterocycles. The van der Waals surface area contributed by atoms with Gasteiger partial charge in [-0.05, 0) is 30.3 Å². The molecule has 0 radical (unpaired) electrons. The summed E-state index contributed by atoms with van der Waals surface area (Å²) in [4.78, 5) is 20.7. The lowest BCUT2D eigenvalue weighted by molar-refractivity contribution is -0.385. The number of hydrogen-bond acceptors (Lipinski definition) is 5. The lowest BCUT2D eigenvalue weighted by Crippen LogP contribution is -1.96. The van der Waals surface area contributed by atoms with Gasteiger partial charge in [-0.15, -0.1) is 0 Å². The second kappa shape index (κ2) is 5.79. The van der Waals surface area contributed by atoms with Crippen LogP contribution >= 0.6 is 0 Å². The van der Waals surface area contributed by atoms with E-state index in [9.17, 15) is 19.3 Å². The summed E-state index contributed by atoms with van der Waals surface area (Å²) < 4.78 is 18.9. The molecule has 0 aromatic heterocycles. The molecular weight excluding hydrogens is 279 g/mol. The third kappa shape index (κ3) is 3.01. The van der Waals surface area contributed by atoms with E-state index >= 15 is 0 Å². The first-order chi connectivity index (χ1) is 10.0. The standard InChI is InChI=1S/C14H7FN2O4/c15-11-5-10(8-18)2-3-13(11)21-14-4-1-9(7-16)6-12(14)17(19)20/h1-6,8H. The molecule has 0 aliphatic carbocycles. The molecule has 7 heteroatoms. The Bertz CT molecular complexity index is 768. The molecule has 0 bridgehead atoms. The zero-order chi connectivity index (χ0) is 15.4. The lowest BCUT2D eigenvalue weighted by atomic mass is 10.2. The zero-order valence-corrected chi connectivity index (χ0v) is 10.4. The van der Waals surface area contributed by atoms with Gasteiger partial charge < -0.3 is 4.74 Å². The van der Waals surface area contributed by atoms with Gasteiger partial charge in [0.2, 0.25) is 5.75 Å². The van der Waals surface area contributed by atoms with Crippen molar-refractivity contribution in [3.63, 3.8) is 0 Å². The lowest BCUT2D eigenvalue weighted by Gasteiger charge is -2.07. The molecule has 6 nitrogen and oxygen atoms in total. The number of nitro groups is 1. The molecule has 21 heavy (non-hydrogen) atoms. The van der Waals surface area contributed by atoms with Gasteiger partial charge in [-0.25, -0.2) is 4.39 Å². The van der Waals surface area contributed by atoms with Crippen LogP contribution in [0.25, 0.3) is 0 Å². The number of rotatable bonds is 4. The molecular formula is C14H7FN2O4. The van der Waals surface area contributed by atoms with Gasteiger partial charge >= 0.3 is 5.69 Å². The number of benzene rings is 2. The van der Waals surface area contributed by atoms with E-state index in [1.54, 1.807) is 6.07 Å². The summed E-state index contributed by atoms with van der Waals surface area (Å²) in [5.74, 6) is -1.27. The molecule has 2 aromatic rings. The van der Waals surface area contributed by atoms with Crippen molar-refractivity contribution in [1.29, 1.82) is 5.26 Å². The SMILES string of the molecule is N#Cc1ccc(Oc2ccc(C=O)cc2F)c([N+](=O)[O-])c1. The predicted octanol–water partition coefficient (Wildman–Crippen LogP) is 3.21. The molecule has 0 aliphatic rings. The average Bonchev–Trinajstić information content (AvgIpc) is 2.49. The van der Waals surface area contributed by atoms with Crippen LogP contribution in [0.2, 0.25) is 0 Å². The first-order valence-corrected chi connectivity index (χ1v) is 5.66. The number of carbonyl (C=O) groups excluding carboxylic acids is 1. The van der Waals surface area contributed by atoms with Crippen LogP contribution in [0.3, 0.4) is 0 Å². The van der Waals surface area contributed by atoms with Crippen molar-refractivity contribution in [1.82, 2.24) is 0 Å². The summed E-state index contributed by atoms with van der Waals surface area (Å²) in [7, 11) is 0. The van der Waals surface area contributed by atoms with Crippen molar-refractivity contribution >= 4 is 12.0 Å². The fourth-order valence-corrected chi connectivity index (χ4v) is 1.61. The minimum absolute atomic E-state index is 0.0887. The van der Waals surface area contributed by atoms with Crippen LogP contribution in [0.15, 0.2) is 36.4 Å². The molecule has 0 heterocycles. The maximum absolute atomic E-state index is 13.7. The molecule has 0 N–H and O–H groups in total. The van der Waals surface area contributed by atoms with E-state index in [4.69, 9.17) is 10.00 Å². The van der Waals surface area contributed by atoms with E-state index in [1.807, 2.05) is 0 Å². The number of carbonyl (C=O) groups is 1. The average molecular weight is 286 g/mol. The molecule has 2 rings (SSSR count). The highest BCUT2D eigenvalue weighted by molar-refractivity contribution is 5.75. The molecule has 0 atom stereocenters. The third-order valence-electron chi connectivity index (χ3n) is 2.60. The summed E-state index contributed by atoms with van der Waals surface area (Å²) >= 11 is 0. The molecule has 0 aliphatic heterocycles. The van der Waals surface area contributed by atoms with Gasteiger partial charge in [-0.3, -0.25) is 14.9 Å². The number of aldehydes is 1. The largest absolute Gasteiger partial charge is 0.447 e. The molecule has 0 fully saturated rings. The monoisotopic (exact) mass is 286 g/mol. The highest BCUT2D eigenvalue weighted by Gasteiger charge is 2.18. The summed E-state index contributed by atoms with van der Waals surface area (Å²) in [5.41, 5.74) is -0.243. The Morgan fingerprint density at radius 3 is 2.52 bits per heavy atom. The van der Waals surface area contributed by atoms with Crippen LogP contribution in [0.1, 0.15) is 15.9 Å². The molecule has 0 spiro atoms. The van der Waals surface area contributed by atoms with E-state index in [2.05, 4.69) is 0 Å². The zero-order valence-electron chi connectivity index (χ0n) is 10.4. The van der Waals surface area contributed by atoms with Gasteiger partial charge in [0, 0.05) is 11.6 Å². The Hall–Kier alpha value is -3.27. The summed E-state index contributed by atoms with van der Waals surface area (Å²) in [6, 6.07) is 8.81. The number of nitrogens with zero attached hydrogens (tertiary/aromatic N) is 2. The van der Waals surface area contributed by atoms with Crippen molar-refractivity contribution in [2.45, 2.75) is 0 Å². The van der Waals surface area contributed by atoms with Crippen LogP contribution in [0.5, 0.6) is 11.5 Å². The molecule has 0 saturated carbocycles. The van der Waals surface area contributed by atoms with E-state index in [0.717, 1.165) is 12.1 Å². The van der Waals surface area contributed by atoms with E-state index in [1.165, 1.54) is 24.3 Å². The number of nitro benzene ring substituents is 1. The third-order valence-corrected chi connectivity index (χ3v) is 2.60. The van der Waals surface area contributed by atoms with Gasteiger partial charge in [0.05, 0.1) is 16.6 Å². The van der Waals surface area contributed by atoms with E-state index < -0.39 is 16.4 Å². The summed E-state index contributed by atoms with van der Waals surface area (Å²) in [5, 5.41) is 19.7. The maximum atomic E-state index is 13.7. The van der Waals surface area contributed by atoms with Gasteiger partial charge in [-0.2, -0.15) is 5.26 Å². The number of hydrogen-bond donors (Lipinski definition) is 0. The fraction of sp³-hybridized carbons (Fsp3) is 0. The molecule has 0 amide bonds. The molecule has 104 valence electrons. The summed E-state index contributed by atoms with van der Waals surface area (Å²) in [6.45, 7) is 0. The highest BCUT2D eigenvalue weighted by atomic mass is 19.1. The second-order valence-corrected chi connectivity index (χ2v) is 3.96. The number of nitriles is 1. The normalized spacial score (nSPS) is 9.71. The van der Waals surface area contributed by atoms with Crippen molar-refractivity contribution in [3.05, 3.63) is 63.5 Å². The fourth-order valence-electron chi connectivity index (χ4n) is 1.61. The van der Waals surface area contributed by atoms with Crippen LogP contribution < -0.4 is 4.74 Å². The van der Waals surface area contributed by atoms with Crippen molar-refractivity contribution in [2.75, 3.05) is 0 Å². The minimum Gasteiger partial charge on any atom is -0.447 e. The Morgan fingerprint density at radius 2 is 1.95 bits per heavy atom. The Kier molecular flexibility index (Phi) is 3.90. The number of halogens is 1. The van der Waals surface area contributed by atoms with Gasteiger partial charge in [0.1, 0.15) is 6.29 Å². The van der Waals surface area contributed by atoms with Crippen LogP contribution in [-0.4, -0.2) is 11.2 Å². The Balaban J connectivity index is 2.42. The van der Waals surface area contributed by atoms with E-state index in [0.29, 0.717) is 6.29 Å². The smallest absolute Gasteiger partial charge is 0.312 e. The highest BCUT2D eigenvalue weighted by Crippen LogP contribution is 2.33. The first-order valence-electron chi connectivity index (χ1n) is 5.66. The second-order valence-electron chi connectivity index (χ2n) is 3.96. The summed E-state index contributed by atoms with van der Waals surface area (Å²) in [6.07, 6.45) is 0.469. The van der Waals surface area contributed by atoms with Crippen molar-refractivity contribution in [2.24, 2.45) is 0 Å². The van der Waals surface area contributed by atoms with Crippen molar-refractivity contribution < 1.29 is 18.8 Å². The minimum atomic E-state index is -0.821. The quantitative estimate of drug-likeness (QED) is 0.488. The van der Waals surface area contributed by atoms with Crippen LogP contribution in [0, 0.1) is 27.3 Å². The van der Waals surface area contributed by atoms with E-state index in [-0.39, 0.29) is 22.6 Å². The molecule has 2 aromatic carbocycles. The van der Waals surface area contributed by atoms with Crippen LogP contribution in [-0.2, 0) is 0 Å². The van der Waals surface area contributed by atoms with Gasteiger partial charge in [0.15, 0.2) is 11.6 Å². The van der Waals surface area contributed by atoms with Crippen LogP contribution in [0.4, 0.5) is 10.1 Å². The van der Waals surface area contributed by atoms with Gasteiger partial charge in [0.25, 0.3) is 0 Å². The Morgan fingerprint density at radius 1 is 1.24 bits per heavy atom.